The van der Waals surface area contributed by atoms with Crippen LogP contribution in [0.25, 0.3) is 0 Å². The summed E-state index contributed by atoms with van der Waals surface area (Å²) in [7, 11) is -3.01. The zero-order valence-electron chi connectivity index (χ0n) is 11.2. The molecular weight excluding hydrogens is 234 g/mol. The molecule has 0 bridgehead atoms. The molecule has 17 heavy (non-hydrogen) atoms. The zero-order chi connectivity index (χ0) is 12.9. The van der Waals surface area contributed by atoms with E-state index in [1.165, 1.54) is 6.42 Å². The van der Waals surface area contributed by atoms with E-state index in [9.17, 15) is 8.42 Å². The van der Waals surface area contributed by atoms with Gasteiger partial charge in [0.15, 0.2) is 9.84 Å². The van der Waals surface area contributed by atoms with Crippen LogP contribution in [-0.2, 0) is 9.84 Å². The fourth-order valence-corrected chi connectivity index (χ4v) is 5.03. The van der Waals surface area contributed by atoms with E-state index in [4.69, 9.17) is 5.73 Å². The van der Waals surface area contributed by atoms with E-state index in [1.807, 2.05) is 13.8 Å². The molecule has 3 nitrogen and oxygen atoms in total. The lowest BCUT2D eigenvalue weighted by atomic mass is 9.97. The first-order valence-electron chi connectivity index (χ1n) is 6.94. The van der Waals surface area contributed by atoms with Crippen LogP contribution in [0.5, 0.6) is 0 Å². The van der Waals surface area contributed by atoms with Gasteiger partial charge in [0, 0.05) is 6.04 Å². The molecule has 102 valence electrons. The van der Waals surface area contributed by atoms with Crippen molar-refractivity contribution in [2.75, 3.05) is 5.75 Å². The van der Waals surface area contributed by atoms with E-state index in [0.717, 1.165) is 38.5 Å². The van der Waals surface area contributed by atoms with Gasteiger partial charge in [-0.3, -0.25) is 0 Å². The van der Waals surface area contributed by atoms with Crippen molar-refractivity contribution in [3.8, 4) is 0 Å². The average Bonchev–Trinajstić information content (AvgIpc) is 2.22. The van der Waals surface area contributed by atoms with Gasteiger partial charge in [0.2, 0.25) is 0 Å². The normalized spacial score (nSPS) is 29.4. The molecule has 0 aromatic rings. The molecule has 3 atom stereocenters. The summed E-state index contributed by atoms with van der Waals surface area (Å²) in [5, 5.41) is -0.295. The highest BCUT2D eigenvalue weighted by molar-refractivity contribution is 7.92. The molecular formula is C13H27NO2S. The maximum Gasteiger partial charge on any atom is 0.154 e. The van der Waals surface area contributed by atoms with Crippen molar-refractivity contribution in [1.82, 2.24) is 0 Å². The maximum atomic E-state index is 12.4. The highest BCUT2D eigenvalue weighted by Crippen LogP contribution is 2.24. The number of hydrogen-bond donors (Lipinski definition) is 1. The summed E-state index contributed by atoms with van der Waals surface area (Å²) in [5.74, 6) is 0.555. The first-order valence-corrected chi connectivity index (χ1v) is 8.66. The summed E-state index contributed by atoms with van der Waals surface area (Å²) in [4.78, 5) is 0. The first kappa shape index (κ1) is 15.0. The highest BCUT2D eigenvalue weighted by Gasteiger charge is 2.32. The van der Waals surface area contributed by atoms with E-state index < -0.39 is 9.84 Å². The Morgan fingerprint density at radius 2 is 1.76 bits per heavy atom. The van der Waals surface area contributed by atoms with Crippen LogP contribution in [-0.4, -0.2) is 25.5 Å². The van der Waals surface area contributed by atoms with Crippen LogP contribution >= 0.6 is 0 Å². The maximum absolute atomic E-state index is 12.4. The molecule has 0 amide bonds. The van der Waals surface area contributed by atoms with Gasteiger partial charge in [-0.2, -0.15) is 0 Å². The average molecular weight is 261 g/mol. The monoisotopic (exact) mass is 261 g/mol. The molecule has 1 rings (SSSR count). The van der Waals surface area contributed by atoms with Gasteiger partial charge in [0.05, 0.1) is 11.0 Å². The molecule has 2 N–H and O–H groups in total. The molecule has 0 radical (unpaired) electrons. The second-order valence-electron chi connectivity index (χ2n) is 5.54. The standard InChI is InChI=1S/C13H27NO2S/c1-3-11(2)10-17(15,16)13-9-7-5-4-6-8-12(13)14/h11-13H,3-10,14H2,1-2H3. The van der Waals surface area contributed by atoms with Gasteiger partial charge in [-0.15, -0.1) is 0 Å². The Balaban J connectivity index is 2.71. The summed E-state index contributed by atoms with van der Waals surface area (Å²) in [6, 6.07) is -0.149. The molecule has 1 fully saturated rings. The van der Waals surface area contributed by atoms with Crippen molar-refractivity contribution in [1.29, 1.82) is 0 Å². The van der Waals surface area contributed by atoms with Crippen molar-refractivity contribution in [2.45, 2.75) is 70.1 Å². The molecule has 0 aliphatic heterocycles. The van der Waals surface area contributed by atoms with Gasteiger partial charge in [-0.05, 0) is 18.8 Å². The third-order valence-corrected chi connectivity index (χ3v) is 6.47. The van der Waals surface area contributed by atoms with Crippen molar-refractivity contribution in [2.24, 2.45) is 11.7 Å². The SMILES string of the molecule is CCC(C)CS(=O)(=O)C1CCCCCCC1N. The molecule has 0 spiro atoms. The smallest absolute Gasteiger partial charge is 0.154 e. The van der Waals surface area contributed by atoms with Gasteiger partial charge in [-0.25, -0.2) is 8.42 Å². The molecule has 0 heterocycles. The quantitative estimate of drug-likeness (QED) is 0.846. The van der Waals surface area contributed by atoms with Crippen LogP contribution in [0.3, 0.4) is 0 Å². The van der Waals surface area contributed by atoms with Crippen LogP contribution in [0.1, 0.15) is 58.8 Å². The lowest BCUT2D eigenvalue weighted by Crippen LogP contribution is -2.43. The Hall–Kier alpha value is -0.0900. The first-order chi connectivity index (χ1) is 7.97. The van der Waals surface area contributed by atoms with E-state index in [-0.39, 0.29) is 17.2 Å². The summed E-state index contributed by atoms with van der Waals surface area (Å²) < 4.78 is 24.7. The molecule has 3 unspecified atom stereocenters. The van der Waals surface area contributed by atoms with Crippen LogP contribution in [0, 0.1) is 5.92 Å². The molecule has 0 saturated heterocycles. The number of rotatable bonds is 4. The number of hydrogen-bond acceptors (Lipinski definition) is 3. The van der Waals surface area contributed by atoms with E-state index >= 15 is 0 Å². The van der Waals surface area contributed by atoms with Gasteiger partial charge < -0.3 is 5.73 Å². The Morgan fingerprint density at radius 1 is 1.18 bits per heavy atom. The second-order valence-corrected chi connectivity index (χ2v) is 7.80. The molecule has 1 saturated carbocycles. The van der Waals surface area contributed by atoms with Gasteiger partial charge in [0.25, 0.3) is 0 Å². The zero-order valence-corrected chi connectivity index (χ0v) is 12.0. The number of sulfone groups is 1. The molecule has 0 aromatic heterocycles. The van der Waals surface area contributed by atoms with E-state index in [0.29, 0.717) is 5.75 Å². The minimum Gasteiger partial charge on any atom is -0.327 e. The van der Waals surface area contributed by atoms with E-state index in [1.54, 1.807) is 0 Å². The summed E-state index contributed by atoms with van der Waals surface area (Å²) in [6.45, 7) is 4.05. The van der Waals surface area contributed by atoms with Crippen molar-refractivity contribution in [3.05, 3.63) is 0 Å². The highest BCUT2D eigenvalue weighted by atomic mass is 32.2. The molecule has 4 heteroatoms. The van der Waals surface area contributed by atoms with Crippen LogP contribution in [0.2, 0.25) is 0 Å². The minimum absolute atomic E-state index is 0.149. The molecule has 0 aromatic carbocycles. The summed E-state index contributed by atoms with van der Waals surface area (Å²) in [5.41, 5.74) is 6.07. The minimum atomic E-state index is -3.01. The predicted molar refractivity (Wildman–Crippen MR) is 72.7 cm³/mol. The lowest BCUT2D eigenvalue weighted by Gasteiger charge is -2.27. The van der Waals surface area contributed by atoms with Gasteiger partial charge in [0.1, 0.15) is 0 Å². The Bertz CT molecular complexity index is 313. The topological polar surface area (TPSA) is 60.2 Å². The third-order valence-electron chi connectivity index (χ3n) is 3.93. The van der Waals surface area contributed by atoms with Crippen LogP contribution in [0.15, 0.2) is 0 Å². The predicted octanol–water partition coefficient (Wildman–Crippen LogP) is 2.50. The van der Waals surface area contributed by atoms with Gasteiger partial charge in [-0.1, -0.05) is 46.0 Å². The van der Waals surface area contributed by atoms with Gasteiger partial charge >= 0.3 is 0 Å². The molecule has 1 aliphatic carbocycles. The fraction of sp³-hybridized carbons (Fsp3) is 1.00. The summed E-state index contributed by atoms with van der Waals surface area (Å²) >= 11 is 0. The van der Waals surface area contributed by atoms with Crippen LogP contribution in [0.4, 0.5) is 0 Å². The Labute approximate surface area is 106 Å². The number of nitrogens with two attached hydrogens (primary N) is 1. The van der Waals surface area contributed by atoms with E-state index in [2.05, 4.69) is 0 Å². The van der Waals surface area contributed by atoms with Crippen LogP contribution < -0.4 is 5.73 Å². The van der Waals surface area contributed by atoms with Crippen molar-refractivity contribution in [3.63, 3.8) is 0 Å². The van der Waals surface area contributed by atoms with Crippen molar-refractivity contribution >= 4 is 9.84 Å². The second kappa shape index (κ2) is 6.74. The van der Waals surface area contributed by atoms with Crippen molar-refractivity contribution < 1.29 is 8.42 Å². The Kier molecular flexibility index (Phi) is 5.93. The third kappa shape index (κ3) is 4.59. The Morgan fingerprint density at radius 3 is 2.35 bits per heavy atom. The summed E-state index contributed by atoms with van der Waals surface area (Å²) in [6.07, 6.45) is 6.99. The largest absolute Gasteiger partial charge is 0.327 e. The fourth-order valence-electron chi connectivity index (χ4n) is 2.56. The lowest BCUT2D eigenvalue weighted by molar-refractivity contribution is 0.440. The molecule has 1 aliphatic rings.